The van der Waals surface area contributed by atoms with Crippen LogP contribution in [0.4, 0.5) is 5.69 Å². The van der Waals surface area contributed by atoms with Crippen LogP contribution >= 0.6 is 23.2 Å². The predicted octanol–water partition coefficient (Wildman–Crippen LogP) is 3.05. The van der Waals surface area contributed by atoms with Crippen molar-refractivity contribution < 1.29 is 9.32 Å². The van der Waals surface area contributed by atoms with Gasteiger partial charge in [0.2, 0.25) is 0 Å². The van der Waals surface area contributed by atoms with E-state index in [0.717, 1.165) is 0 Å². The number of aryl methyl sites for hydroxylation is 1. The van der Waals surface area contributed by atoms with Crippen LogP contribution in [0.5, 0.6) is 0 Å². The fourth-order valence-corrected chi connectivity index (χ4v) is 1.82. The molecule has 0 aliphatic rings. The summed E-state index contributed by atoms with van der Waals surface area (Å²) in [5.74, 6) is 0.147. The molecule has 7 heteroatoms. The largest absolute Gasteiger partial charge is 0.361 e. The summed E-state index contributed by atoms with van der Waals surface area (Å²) in [5.41, 5.74) is 5.90. The first kappa shape index (κ1) is 12.7. The molecule has 0 fully saturated rings. The van der Waals surface area contributed by atoms with Crippen molar-refractivity contribution >= 4 is 34.8 Å². The van der Waals surface area contributed by atoms with Crippen molar-refractivity contribution in [1.29, 1.82) is 0 Å². The van der Waals surface area contributed by atoms with E-state index in [1.807, 2.05) is 0 Å². The second-order valence-electron chi connectivity index (χ2n) is 3.56. The maximum atomic E-state index is 11.6. The van der Waals surface area contributed by atoms with E-state index in [-0.39, 0.29) is 5.69 Å². The number of rotatable bonds is 3. The highest BCUT2D eigenvalue weighted by molar-refractivity contribution is 6.35. The number of hydrazine groups is 1. The van der Waals surface area contributed by atoms with Crippen LogP contribution in [-0.4, -0.2) is 11.1 Å². The van der Waals surface area contributed by atoms with Crippen LogP contribution in [0, 0.1) is 6.92 Å². The summed E-state index contributed by atoms with van der Waals surface area (Å²) in [4.78, 5) is 11.6. The fourth-order valence-electron chi connectivity index (χ4n) is 1.29. The van der Waals surface area contributed by atoms with Crippen LogP contribution in [0.3, 0.4) is 0 Å². The van der Waals surface area contributed by atoms with Gasteiger partial charge in [-0.05, 0) is 25.1 Å². The Hall–Kier alpha value is -1.72. The highest BCUT2D eigenvalue weighted by Gasteiger charge is 2.10. The molecule has 0 atom stereocenters. The quantitative estimate of drug-likeness (QED) is 0.851. The van der Waals surface area contributed by atoms with Gasteiger partial charge >= 0.3 is 0 Å². The van der Waals surface area contributed by atoms with Gasteiger partial charge in [0.1, 0.15) is 5.76 Å². The third-order valence-corrected chi connectivity index (χ3v) is 2.48. The van der Waals surface area contributed by atoms with Crippen LogP contribution in [-0.2, 0) is 0 Å². The summed E-state index contributed by atoms with van der Waals surface area (Å²) in [6.45, 7) is 1.70. The van der Waals surface area contributed by atoms with Crippen LogP contribution in [0.1, 0.15) is 16.2 Å². The minimum atomic E-state index is -0.414. The van der Waals surface area contributed by atoms with Crippen molar-refractivity contribution in [3.8, 4) is 0 Å². The second-order valence-corrected chi connectivity index (χ2v) is 4.43. The molecule has 0 saturated carbocycles. The lowest BCUT2D eigenvalue weighted by molar-refractivity contribution is 0.0953. The minimum absolute atomic E-state index is 0.188. The van der Waals surface area contributed by atoms with Crippen molar-refractivity contribution in [2.45, 2.75) is 6.92 Å². The van der Waals surface area contributed by atoms with E-state index in [4.69, 9.17) is 27.7 Å². The molecule has 1 amide bonds. The number of halogens is 2. The number of carbonyl (C=O) groups is 1. The van der Waals surface area contributed by atoms with Gasteiger partial charge in [-0.25, -0.2) is 0 Å². The fraction of sp³-hybridized carbons (Fsp3) is 0.0909. The highest BCUT2D eigenvalue weighted by atomic mass is 35.5. The summed E-state index contributed by atoms with van der Waals surface area (Å²) in [5, 5.41) is 4.52. The smallest absolute Gasteiger partial charge is 0.291 e. The molecule has 2 rings (SSSR count). The zero-order valence-electron chi connectivity index (χ0n) is 9.33. The Bertz CT molecular complexity index is 563. The van der Waals surface area contributed by atoms with Gasteiger partial charge in [0.05, 0.1) is 5.69 Å². The third kappa shape index (κ3) is 3.15. The predicted molar refractivity (Wildman–Crippen MR) is 68.8 cm³/mol. The lowest BCUT2D eigenvalue weighted by Crippen LogP contribution is -2.29. The monoisotopic (exact) mass is 285 g/mol. The average Bonchev–Trinajstić information content (AvgIpc) is 2.71. The van der Waals surface area contributed by atoms with Crippen molar-refractivity contribution in [1.82, 2.24) is 10.6 Å². The van der Waals surface area contributed by atoms with Gasteiger partial charge in [-0.1, -0.05) is 28.4 Å². The van der Waals surface area contributed by atoms with Crippen LogP contribution < -0.4 is 10.9 Å². The number of nitrogens with one attached hydrogen (secondary N) is 2. The molecule has 0 bridgehead atoms. The van der Waals surface area contributed by atoms with Gasteiger partial charge in [-0.2, -0.15) is 0 Å². The standard InChI is InChI=1S/C11H9Cl2N3O2/c1-6-2-10(16-18-6)11(17)15-14-9-4-7(12)3-8(13)5-9/h2-5,14H,1H3,(H,15,17). The molecule has 0 spiro atoms. The Morgan fingerprint density at radius 2 is 1.89 bits per heavy atom. The maximum absolute atomic E-state index is 11.6. The molecule has 5 nitrogen and oxygen atoms in total. The molecule has 0 unspecified atom stereocenters. The SMILES string of the molecule is Cc1cc(C(=O)NNc2cc(Cl)cc(Cl)c2)no1. The number of hydrogen-bond acceptors (Lipinski definition) is 4. The average molecular weight is 286 g/mol. The van der Waals surface area contributed by atoms with Crippen molar-refractivity contribution in [3.05, 3.63) is 45.8 Å². The van der Waals surface area contributed by atoms with E-state index in [0.29, 0.717) is 21.5 Å². The molecule has 0 aliphatic heterocycles. The molecule has 1 heterocycles. The van der Waals surface area contributed by atoms with Crippen LogP contribution in [0.15, 0.2) is 28.8 Å². The molecular formula is C11H9Cl2N3O2. The Balaban J connectivity index is 2.01. The first-order valence-corrected chi connectivity index (χ1v) is 5.76. The summed E-state index contributed by atoms with van der Waals surface area (Å²) in [6.07, 6.45) is 0. The molecule has 1 aromatic heterocycles. The van der Waals surface area contributed by atoms with E-state index in [1.54, 1.807) is 25.1 Å². The number of nitrogens with zero attached hydrogens (tertiary/aromatic N) is 1. The number of carbonyl (C=O) groups excluding carboxylic acids is 1. The summed E-state index contributed by atoms with van der Waals surface area (Å²) in [7, 11) is 0. The third-order valence-electron chi connectivity index (χ3n) is 2.04. The number of anilines is 1. The lowest BCUT2D eigenvalue weighted by atomic mass is 10.3. The Morgan fingerprint density at radius 3 is 2.44 bits per heavy atom. The first-order valence-electron chi connectivity index (χ1n) is 5.00. The van der Waals surface area contributed by atoms with Crippen molar-refractivity contribution in [2.24, 2.45) is 0 Å². The maximum Gasteiger partial charge on any atom is 0.291 e. The van der Waals surface area contributed by atoms with Gasteiger partial charge < -0.3 is 4.52 Å². The van der Waals surface area contributed by atoms with Gasteiger partial charge in [-0.15, -0.1) is 0 Å². The first-order chi connectivity index (χ1) is 8.54. The molecule has 94 valence electrons. The van der Waals surface area contributed by atoms with Crippen molar-refractivity contribution in [3.63, 3.8) is 0 Å². The zero-order valence-corrected chi connectivity index (χ0v) is 10.8. The number of aromatic nitrogens is 1. The Labute approximate surface area is 113 Å². The number of benzene rings is 1. The topological polar surface area (TPSA) is 67.2 Å². The van der Waals surface area contributed by atoms with E-state index in [1.165, 1.54) is 6.07 Å². The number of amides is 1. The van der Waals surface area contributed by atoms with E-state index >= 15 is 0 Å². The van der Waals surface area contributed by atoms with Crippen LogP contribution in [0.25, 0.3) is 0 Å². The molecule has 18 heavy (non-hydrogen) atoms. The van der Waals surface area contributed by atoms with Gasteiger partial charge in [-0.3, -0.25) is 15.6 Å². The van der Waals surface area contributed by atoms with E-state index < -0.39 is 5.91 Å². The highest BCUT2D eigenvalue weighted by Crippen LogP contribution is 2.21. The Kier molecular flexibility index (Phi) is 3.74. The second kappa shape index (κ2) is 5.29. The normalized spacial score (nSPS) is 10.2. The van der Waals surface area contributed by atoms with E-state index in [9.17, 15) is 4.79 Å². The molecular weight excluding hydrogens is 277 g/mol. The van der Waals surface area contributed by atoms with Gasteiger partial charge in [0, 0.05) is 16.1 Å². The zero-order chi connectivity index (χ0) is 13.1. The molecule has 1 aromatic carbocycles. The van der Waals surface area contributed by atoms with Gasteiger partial charge in [0.15, 0.2) is 5.69 Å². The van der Waals surface area contributed by atoms with E-state index in [2.05, 4.69) is 16.0 Å². The summed E-state index contributed by atoms with van der Waals surface area (Å²) in [6, 6.07) is 6.38. The minimum Gasteiger partial charge on any atom is -0.361 e. The summed E-state index contributed by atoms with van der Waals surface area (Å²) >= 11 is 11.6. The molecule has 0 radical (unpaired) electrons. The van der Waals surface area contributed by atoms with Crippen LogP contribution in [0.2, 0.25) is 10.0 Å². The summed E-state index contributed by atoms with van der Waals surface area (Å²) < 4.78 is 4.80. The molecule has 0 aliphatic carbocycles. The molecule has 2 aromatic rings. The van der Waals surface area contributed by atoms with Gasteiger partial charge in [0.25, 0.3) is 5.91 Å². The van der Waals surface area contributed by atoms with Crippen molar-refractivity contribution in [2.75, 3.05) is 5.43 Å². The lowest BCUT2D eigenvalue weighted by Gasteiger charge is -2.07. The Morgan fingerprint density at radius 1 is 1.22 bits per heavy atom. The molecule has 2 N–H and O–H groups in total. The number of hydrogen-bond donors (Lipinski definition) is 2. The molecule has 0 saturated heterocycles.